The number of aliphatic hydroxyl groups excluding tert-OH is 1. The molecule has 0 bridgehead atoms. The van der Waals surface area contributed by atoms with Gasteiger partial charge >= 0.3 is 5.97 Å². The van der Waals surface area contributed by atoms with Crippen LogP contribution in [0.2, 0.25) is 0 Å². The number of carbonyl (C=O) groups is 5. The first-order valence-corrected chi connectivity index (χ1v) is 11.7. The molecule has 2 aromatic carbocycles. The first-order chi connectivity index (χ1) is 18.4. The first-order valence-electron chi connectivity index (χ1n) is 11.7. The van der Waals surface area contributed by atoms with Gasteiger partial charge < -0.3 is 47.8 Å². The Bertz CT molecular complexity index is 1170. The Labute approximate surface area is 223 Å². The van der Waals surface area contributed by atoms with Crippen molar-refractivity contribution in [1.82, 2.24) is 16.0 Å². The maximum absolute atomic E-state index is 13.2. The number of nitrogens with two attached hydrogens (primary N) is 2. The molecule has 14 heteroatoms. The number of aliphatic hydroxyl groups is 1. The van der Waals surface area contributed by atoms with Crippen LogP contribution in [0.15, 0.2) is 48.5 Å². The zero-order valence-corrected chi connectivity index (χ0v) is 20.7. The Morgan fingerprint density at radius 2 is 1.13 bits per heavy atom. The van der Waals surface area contributed by atoms with E-state index in [9.17, 15) is 34.2 Å². The van der Waals surface area contributed by atoms with Crippen LogP contribution in [0.25, 0.3) is 0 Å². The van der Waals surface area contributed by atoms with Crippen LogP contribution < -0.4 is 27.4 Å². The molecule has 0 spiro atoms. The Balaban J connectivity index is 2.23. The summed E-state index contributed by atoms with van der Waals surface area (Å²) < 4.78 is 0. The highest BCUT2D eigenvalue weighted by atomic mass is 16.4. The number of hydrogen-bond acceptors (Lipinski definition) is 9. The lowest BCUT2D eigenvalue weighted by Gasteiger charge is -2.24. The lowest BCUT2D eigenvalue weighted by Crippen LogP contribution is -2.58. The zero-order valence-electron chi connectivity index (χ0n) is 20.7. The van der Waals surface area contributed by atoms with E-state index < -0.39 is 66.8 Å². The molecule has 210 valence electrons. The monoisotopic (exact) mass is 545 g/mol. The van der Waals surface area contributed by atoms with Gasteiger partial charge in [0.1, 0.15) is 29.6 Å². The van der Waals surface area contributed by atoms with Crippen LogP contribution in [0.3, 0.4) is 0 Å². The number of carbonyl (C=O) groups excluding carboxylic acids is 4. The highest BCUT2D eigenvalue weighted by Crippen LogP contribution is 2.13. The van der Waals surface area contributed by atoms with E-state index in [1.807, 2.05) is 5.32 Å². The van der Waals surface area contributed by atoms with Crippen LogP contribution in [-0.2, 0) is 36.8 Å². The fourth-order valence-electron chi connectivity index (χ4n) is 3.47. The summed E-state index contributed by atoms with van der Waals surface area (Å²) in [5.41, 5.74) is 12.4. The highest BCUT2D eigenvalue weighted by molar-refractivity contribution is 5.96. The van der Waals surface area contributed by atoms with Crippen molar-refractivity contribution in [2.75, 3.05) is 6.61 Å². The van der Waals surface area contributed by atoms with Crippen molar-refractivity contribution in [2.45, 2.75) is 43.4 Å². The van der Waals surface area contributed by atoms with Crippen LogP contribution in [0.5, 0.6) is 11.5 Å². The minimum absolute atomic E-state index is 0.0326. The first kappa shape index (κ1) is 30.5. The topological polar surface area (TPSA) is 254 Å². The normalized spacial score (nSPS) is 13.8. The highest BCUT2D eigenvalue weighted by Gasteiger charge is 2.31. The molecule has 0 aliphatic carbocycles. The second-order valence-corrected chi connectivity index (χ2v) is 8.72. The summed E-state index contributed by atoms with van der Waals surface area (Å²) in [5.74, 6) is -5.26. The molecular formula is C25H31N5O9. The molecule has 4 amide bonds. The number of hydrogen-bond donors (Lipinski definition) is 9. The van der Waals surface area contributed by atoms with Crippen molar-refractivity contribution in [3.63, 3.8) is 0 Å². The van der Waals surface area contributed by atoms with E-state index in [-0.39, 0.29) is 24.3 Å². The SMILES string of the molecule is NC(=O)CC(NC(=O)C(Cc1ccc(O)cc1)NC(=O)C(N)Cc1ccc(O)cc1)C(=O)NC(CO)C(=O)O. The van der Waals surface area contributed by atoms with E-state index in [1.54, 1.807) is 12.1 Å². The van der Waals surface area contributed by atoms with Gasteiger partial charge in [-0.1, -0.05) is 24.3 Å². The average Bonchev–Trinajstić information content (AvgIpc) is 2.88. The maximum atomic E-state index is 13.2. The number of phenolic OH excluding ortho intramolecular Hbond substituents is 2. The van der Waals surface area contributed by atoms with Gasteiger partial charge in [-0.15, -0.1) is 0 Å². The summed E-state index contributed by atoms with van der Waals surface area (Å²) in [7, 11) is 0. The summed E-state index contributed by atoms with van der Waals surface area (Å²) in [5, 5.41) is 44.0. The maximum Gasteiger partial charge on any atom is 0.328 e. The number of amides is 4. The fraction of sp³-hybridized carbons (Fsp3) is 0.320. The molecule has 0 aliphatic heterocycles. The number of aromatic hydroxyl groups is 2. The molecule has 0 saturated carbocycles. The summed E-state index contributed by atoms with van der Waals surface area (Å²) in [4.78, 5) is 61.4. The van der Waals surface area contributed by atoms with Crippen molar-refractivity contribution >= 4 is 29.6 Å². The Kier molecular flexibility index (Phi) is 11.2. The molecule has 0 fully saturated rings. The van der Waals surface area contributed by atoms with Gasteiger partial charge in [0.25, 0.3) is 0 Å². The van der Waals surface area contributed by atoms with Crippen molar-refractivity contribution in [3.05, 3.63) is 59.7 Å². The molecule has 4 unspecified atom stereocenters. The summed E-state index contributed by atoms with van der Waals surface area (Å²) in [6, 6.07) is 6.02. The lowest BCUT2D eigenvalue weighted by molar-refractivity contribution is -0.143. The number of rotatable bonds is 14. The molecule has 2 aromatic rings. The minimum atomic E-state index is -1.70. The fourth-order valence-corrected chi connectivity index (χ4v) is 3.47. The van der Waals surface area contributed by atoms with Crippen molar-refractivity contribution < 1.29 is 44.4 Å². The smallest absolute Gasteiger partial charge is 0.328 e. The molecule has 0 saturated heterocycles. The molecule has 0 radical (unpaired) electrons. The van der Waals surface area contributed by atoms with Crippen molar-refractivity contribution in [1.29, 1.82) is 0 Å². The second-order valence-electron chi connectivity index (χ2n) is 8.72. The van der Waals surface area contributed by atoms with Crippen LogP contribution in [-0.4, -0.2) is 80.8 Å². The number of phenols is 2. The van der Waals surface area contributed by atoms with Crippen molar-refractivity contribution in [3.8, 4) is 11.5 Å². The Hall–Kier alpha value is -4.69. The third-order valence-electron chi connectivity index (χ3n) is 5.57. The summed E-state index contributed by atoms with van der Waals surface area (Å²) in [6.45, 7) is -0.948. The molecule has 0 aliphatic rings. The van der Waals surface area contributed by atoms with E-state index >= 15 is 0 Å². The summed E-state index contributed by atoms with van der Waals surface area (Å²) >= 11 is 0. The minimum Gasteiger partial charge on any atom is -0.508 e. The van der Waals surface area contributed by atoms with E-state index in [2.05, 4.69) is 10.6 Å². The molecule has 11 N–H and O–H groups in total. The molecule has 4 atom stereocenters. The van der Waals surface area contributed by atoms with Crippen LogP contribution in [0.4, 0.5) is 0 Å². The second kappa shape index (κ2) is 14.3. The van der Waals surface area contributed by atoms with Gasteiger partial charge in [-0.05, 0) is 41.8 Å². The number of primary amides is 1. The average molecular weight is 546 g/mol. The van der Waals surface area contributed by atoms with Gasteiger partial charge in [0.15, 0.2) is 0 Å². The van der Waals surface area contributed by atoms with Crippen LogP contribution >= 0.6 is 0 Å². The zero-order chi connectivity index (χ0) is 29.1. The molecule has 0 aromatic heterocycles. The third-order valence-corrected chi connectivity index (χ3v) is 5.57. The van der Waals surface area contributed by atoms with Gasteiger partial charge in [-0.2, -0.15) is 0 Å². The number of aliphatic carboxylic acids is 1. The number of nitrogens with one attached hydrogen (secondary N) is 3. The predicted octanol–water partition coefficient (Wildman–Crippen LogP) is -2.38. The van der Waals surface area contributed by atoms with Crippen LogP contribution in [0.1, 0.15) is 17.5 Å². The van der Waals surface area contributed by atoms with E-state index in [0.29, 0.717) is 11.1 Å². The summed E-state index contributed by atoms with van der Waals surface area (Å²) in [6.07, 6.45) is -0.733. The molecule has 39 heavy (non-hydrogen) atoms. The number of carboxylic acid groups (broad SMARTS) is 1. The largest absolute Gasteiger partial charge is 0.508 e. The molecular weight excluding hydrogens is 514 g/mol. The number of benzene rings is 2. The molecule has 0 heterocycles. The Morgan fingerprint density at radius 1 is 0.692 bits per heavy atom. The lowest BCUT2D eigenvalue weighted by atomic mass is 10.0. The quantitative estimate of drug-likeness (QED) is 0.122. The van der Waals surface area contributed by atoms with E-state index in [4.69, 9.17) is 21.7 Å². The third kappa shape index (κ3) is 9.94. The number of carboxylic acids is 1. The van der Waals surface area contributed by atoms with E-state index in [1.165, 1.54) is 36.4 Å². The molecule has 14 nitrogen and oxygen atoms in total. The van der Waals surface area contributed by atoms with E-state index in [0.717, 1.165) is 0 Å². The Morgan fingerprint density at radius 3 is 1.59 bits per heavy atom. The molecule has 2 rings (SSSR count). The van der Waals surface area contributed by atoms with Gasteiger partial charge in [-0.3, -0.25) is 19.2 Å². The predicted molar refractivity (Wildman–Crippen MR) is 136 cm³/mol. The van der Waals surface area contributed by atoms with Gasteiger partial charge in [-0.25, -0.2) is 4.79 Å². The van der Waals surface area contributed by atoms with Crippen molar-refractivity contribution in [2.24, 2.45) is 11.5 Å². The van der Waals surface area contributed by atoms with Crippen LogP contribution in [0, 0.1) is 0 Å². The standard InChI is InChI=1S/C25H31N5O9/c26-17(9-13-1-5-15(32)6-2-13)22(35)28-18(10-14-3-7-16(33)8-4-14)23(36)29-19(11-21(27)34)24(37)30-20(12-31)25(38)39/h1-8,17-20,31-33H,9-12,26H2,(H2,27,34)(H,28,35)(H,29,36)(H,30,37)(H,38,39). The van der Waals surface area contributed by atoms with Gasteiger partial charge in [0, 0.05) is 6.42 Å². The van der Waals surface area contributed by atoms with Gasteiger partial charge in [0.2, 0.25) is 23.6 Å². The van der Waals surface area contributed by atoms with Gasteiger partial charge in [0.05, 0.1) is 19.1 Å².